The minimum absolute atomic E-state index is 0. The molecule has 8 rings (SSSR count). The van der Waals surface area contributed by atoms with Crippen LogP contribution in [0.15, 0.2) is 122 Å². The van der Waals surface area contributed by atoms with E-state index in [0.717, 1.165) is 11.4 Å². The van der Waals surface area contributed by atoms with Gasteiger partial charge in [0.05, 0.1) is 0 Å². The third kappa shape index (κ3) is 5.05. The molecule has 0 unspecified atom stereocenters. The molecule has 4 nitrogen and oxygen atoms in total. The standard InChI is InChI=1S/C26H26N2.C14H12N2.Ir/c1-25(2)19-10-6-7-11-20(19)26(3,4)22-16-18(14-15-21(22)25)28-17-27(5)23-12-8-9-13-24(23)28;1-15-11-16(12-7-3-2-4-8-12)14-10-6-5-9-13(14)15;/h6-13,15-17H,1-5H3;2-7,9-11H,1H3;. The maximum atomic E-state index is 3.59. The van der Waals surface area contributed by atoms with Crippen molar-refractivity contribution in [2.75, 3.05) is 0 Å². The van der Waals surface area contributed by atoms with Gasteiger partial charge < -0.3 is 0 Å². The molecule has 5 aromatic carbocycles. The van der Waals surface area contributed by atoms with Gasteiger partial charge in [-0.15, -0.1) is 29.3 Å². The van der Waals surface area contributed by atoms with E-state index in [9.17, 15) is 0 Å². The van der Waals surface area contributed by atoms with Crippen LogP contribution in [0.1, 0.15) is 49.9 Å². The maximum Gasteiger partial charge on any atom is 0.188 e. The minimum atomic E-state index is -0.0452. The number of imidazole rings is 2. The predicted molar refractivity (Wildman–Crippen MR) is 182 cm³/mol. The molecule has 0 aliphatic heterocycles. The quantitative estimate of drug-likeness (QED) is 0.157. The van der Waals surface area contributed by atoms with Crippen LogP contribution in [0, 0.1) is 12.1 Å². The third-order valence-electron chi connectivity index (χ3n) is 9.39. The predicted octanol–water partition coefficient (Wildman–Crippen LogP) is 9.06. The number of aryl methyl sites for hydroxylation is 2. The molecule has 2 heterocycles. The summed E-state index contributed by atoms with van der Waals surface area (Å²) >= 11 is 0. The van der Waals surface area contributed by atoms with Crippen molar-refractivity contribution in [1.82, 2.24) is 18.3 Å². The van der Waals surface area contributed by atoms with Gasteiger partial charge in [-0.3, -0.25) is 0 Å². The summed E-state index contributed by atoms with van der Waals surface area (Å²) in [5, 5.41) is 0. The van der Waals surface area contributed by atoms with Gasteiger partial charge in [-0.25, -0.2) is 18.3 Å². The van der Waals surface area contributed by atoms with E-state index in [4.69, 9.17) is 0 Å². The van der Waals surface area contributed by atoms with Gasteiger partial charge in [0.15, 0.2) is 34.7 Å². The van der Waals surface area contributed by atoms with E-state index in [-0.39, 0.29) is 30.9 Å². The van der Waals surface area contributed by atoms with Gasteiger partial charge in [0, 0.05) is 69.8 Å². The van der Waals surface area contributed by atoms with Crippen molar-refractivity contribution in [3.63, 3.8) is 0 Å². The summed E-state index contributed by atoms with van der Waals surface area (Å²) in [4.78, 5) is 0. The third-order valence-corrected chi connectivity index (χ3v) is 9.39. The van der Waals surface area contributed by atoms with Crippen LogP contribution >= 0.6 is 0 Å². The number of hydrogen-bond acceptors (Lipinski definition) is 0. The van der Waals surface area contributed by atoms with Crippen molar-refractivity contribution in [3.8, 4) is 11.4 Å². The summed E-state index contributed by atoms with van der Waals surface area (Å²) in [6.45, 7) is 9.35. The minimum Gasteiger partial charge on any atom is -0.248 e. The van der Waals surface area contributed by atoms with Crippen LogP contribution in [-0.2, 0) is 45.0 Å². The SMILES string of the molecule is Cn1[cH+]n(-c2[c-]cc3c(c2)C(C)(C)c2ccccc2C3(C)C)c2ccccc21.Cn1[cH+]n(-c2[c-]cccc2)c2ccccc21.[Ir]. The van der Waals surface area contributed by atoms with E-state index >= 15 is 0 Å². The second kappa shape index (κ2) is 11.6. The molecular formula is C40H38IrN4. The molecule has 45 heavy (non-hydrogen) atoms. The second-order valence-corrected chi connectivity index (χ2v) is 12.9. The van der Waals surface area contributed by atoms with E-state index in [2.05, 4.69) is 176 Å². The smallest absolute Gasteiger partial charge is 0.188 e. The molecule has 1 aliphatic rings. The van der Waals surface area contributed by atoms with Gasteiger partial charge in [0.2, 0.25) is 0 Å². The Balaban J connectivity index is 0.000000179. The Bertz CT molecular complexity index is 2150. The molecule has 0 saturated heterocycles. The first-order valence-corrected chi connectivity index (χ1v) is 15.2. The van der Waals surface area contributed by atoms with E-state index < -0.39 is 0 Å². The zero-order valence-corrected chi connectivity index (χ0v) is 29.1. The Kier molecular flexibility index (Phi) is 7.89. The molecule has 0 amide bonds. The largest absolute Gasteiger partial charge is 0.248 e. The summed E-state index contributed by atoms with van der Waals surface area (Å²) in [6.07, 6.45) is 4.23. The zero-order chi connectivity index (χ0) is 30.6. The van der Waals surface area contributed by atoms with E-state index in [1.165, 1.54) is 44.3 Å². The van der Waals surface area contributed by atoms with E-state index in [1.807, 2.05) is 18.2 Å². The Morgan fingerprint density at radius 1 is 0.511 bits per heavy atom. The van der Waals surface area contributed by atoms with Gasteiger partial charge in [-0.2, -0.15) is 24.3 Å². The van der Waals surface area contributed by atoms with Crippen molar-refractivity contribution in [2.24, 2.45) is 14.1 Å². The number of aromatic nitrogens is 4. The topological polar surface area (TPSA) is 19.7 Å². The second-order valence-electron chi connectivity index (χ2n) is 12.9. The van der Waals surface area contributed by atoms with Crippen LogP contribution in [0.2, 0.25) is 0 Å². The number of rotatable bonds is 2. The summed E-state index contributed by atoms with van der Waals surface area (Å²) in [6, 6.07) is 45.2. The normalized spacial score (nSPS) is 14.2. The van der Waals surface area contributed by atoms with Crippen LogP contribution in [0.3, 0.4) is 0 Å². The Labute approximate surface area is 279 Å². The molecule has 5 heteroatoms. The Morgan fingerprint density at radius 2 is 0.978 bits per heavy atom. The molecule has 2 aromatic heterocycles. The summed E-state index contributed by atoms with van der Waals surface area (Å²) in [5.41, 5.74) is 12.6. The van der Waals surface area contributed by atoms with Crippen molar-refractivity contribution < 1.29 is 20.1 Å². The van der Waals surface area contributed by atoms with Crippen molar-refractivity contribution >= 4 is 22.1 Å². The van der Waals surface area contributed by atoms with Crippen LogP contribution in [0.4, 0.5) is 0 Å². The number of nitrogens with zero attached hydrogens (tertiary/aromatic N) is 4. The number of hydrogen-bond donors (Lipinski definition) is 0. The summed E-state index contributed by atoms with van der Waals surface area (Å²) < 4.78 is 8.69. The summed E-state index contributed by atoms with van der Waals surface area (Å²) in [7, 11) is 4.16. The molecule has 0 spiro atoms. The molecule has 1 radical (unpaired) electrons. The summed E-state index contributed by atoms with van der Waals surface area (Å²) in [5.74, 6) is 0. The monoisotopic (exact) mass is 767 g/mol. The molecule has 0 atom stereocenters. The molecule has 1 aliphatic carbocycles. The van der Waals surface area contributed by atoms with E-state index in [1.54, 1.807) is 0 Å². The van der Waals surface area contributed by atoms with Crippen LogP contribution < -0.4 is 0 Å². The fourth-order valence-electron chi connectivity index (χ4n) is 6.96. The maximum absolute atomic E-state index is 3.59. The number of para-hydroxylation sites is 5. The van der Waals surface area contributed by atoms with Crippen molar-refractivity contribution in [2.45, 2.75) is 38.5 Å². The first kappa shape index (κ1) is 30.7. The Hall–Kier alpha value is -4.31. The fraction of sp³-hybridized carbons (Fsp3) is 0.200. The zero-order valence-electron chi connectivity index (χ0n) is 26.7. The molecule has 227 valence electrons. The Morgan fingerprint density at radius 3 is 1.51 bits per heavy atom. The van der Waals surface area contributed by atoms with Crippen molar-refractivity contribution in [3.05, 3.63) is 156 Å². The molecule has 0 fully saturated rings. The molecule has 0 N–H and O–H groups in total. The van der Waals surface area contributed by atoms with E-state index in [0.29, 0.717) is 0 Å². The van der Waals surface area contributed by atoms with Crippen molar-refractivity contribution in [1.29, 1.82) is 0 Å². The first-order chi connectivity index (χ1) is 21.2. The molecule has 0 bridgehead atoms. The molecular weight excluding hydrogens is 729 g/mol. The van der Waals surface area contributed by atoms with Gasteiger partial charge >= 0.3 is 0 Å². The van der Waals surface area contributed by atoms with Gasteiger partial charge in [-0.05, 0) is 46.2 Å². The van der Waals surface area contributed by atoms with Crippen LogP contribution in [0.25, 0.3) is 33.4 Å². The first-order valence-electron chi connectivity index (χ1n) is 15.2. The number of benzene rings is 5. The molecule has 0 saturated carbocycles. The fourth-order valence-corrected chi connectivity index (χ4v) is 6.96. The average molecular weight is 767 g/mol. The van der Waals surface area contributed by atoms with Gasteiger partial charge in [0.25, 0.3) is 0 Å². The van der Waals surface area contributed by atoms with Gasteiger partial charge in [0.1, 0.15) is 0 Å². The van der Waals surface area contributed by atoms with Crippen LogP contribution in [-0.4, -0.2) is 18.3 Å². The average Bonchev–Trinajstić information content (AvgIpc) is 3.57. The van der Waals surface area contributed by atoms with Gasteiger partial charge in [-0.1, -0.05) is 58.0 Å². The molecule has 7 aromatic rings. The number of fused-ring (bicyclic) bond motifs is 4. The van der Waals surface area contributed by atoms with Crippen LogP contribution in [0.5, 0.6) is 0 Å².